The lowest BCUT2D eigenvalue weighted by Gasteiger charge is -2.55. The van der Waals surface area contributed by atoms with Crippen molar-refractivity contribution in [2.45, 2.75) is 97.4 Å². The summed E-state index contributed by atoms with van der Waals surface area (Å²) in [5.74, 6) is -2.79. The molecule has 2 rings (SSSR count). The molecule has 0 aliphatic carbocycles. The molecule has 13 nitrogen and oxygen atoms in total. The van der Waals surface area contributed by atoms with Crippen molar-refractivity contribution >= 4 is 17.8 Å². The van der Waals surface area contributed by atoms with Crippen molar-refractivity contribution in [3.8, 4) is 0 Å². The van der Waals surface area contributed by atoms with Gasteiger partial charge in [0.1, 0.15) is 11.7 Å². The number of esters is 1. The highest BCUT2D eigenvalue weighted by molar-refractivity contribution is 5.99. The lowest BCUT2D eigenvalue weighted by atomic mass is 9.65. The van der Waals surface area contributed by atoms with Gasteiger partial charge in [-0.1, -0.05) is 68.5 Å². The first-order valence-electron chi connectivity index (χ1n) is 16.3. The molecule has 0 bridgehead atoms. The van der Waals surface area contributed by atoms with Gasteiger partial charge in [-0.15, -0.1) is 5.23 Å². The van der Waals surface area contributed by atoms with Gasteiger partial charge in [-0.3, -0.25) is 20.0 Å². The van der Waals surface area contributed by atoms with Gasteiger partial charge in [-0.2, -0.15) is 0 Å². The fourth-order valence-corrected chi connectivity index (χ4v) is 6.48. The number of amides is 2. The van der Waals surface area contributed by atoms with Crippen LogP contribution in [0.4, 0.5) is 0 Å². The first kappa shape index (κ1) is 41.6. The topological polar surface area (TPSA) is 189 Å². The van der Waals surface area contributed by atoms with Crippen molar-refractivity contribution in [3.05, 3.63) is 71.5 Å². The van der Waals surface area contributed by atoms with Gasteiger partial charge in [0.25, 0.3) is 0 Å². The number of cyclic esters (lactones) is 1. The fraction of sp³-hybridized carbons (Fsp3) is 0.583. The number of nitrogens with zero attached hydrogens (tertiary/aromatic N) is 2. The molecule has 0 radical (unpaired) electrons. The predicted octanol–water partition coefficient (Wildman–Crippen LogP) is 2.96. The second-order valence-electron chi connectivity index (χ2n) is 13.5. The van der Waals surface area contributed by atoms with E-state index in [0.717, 1.165) is 0 Å². The zero-order chi connectivity index (χ0) is 37.5. The van der Waals surface area contributed by atoms with Gasteiger partial charge in [0, 0.05) is 20.7 Å². The van der Waals surface area contributed by atoms with E-state index in [4.69, 9.17) is 19.9 Å². The third-order valence-corrected chi connectivity index (χ3v) is 10.1. The minimum Gasteiger partial charge on any atom is -0.457 e. The Labute approximate surface area is 289 Å². The monoisotopic (exact) mass is 689 g/mol. The number of methoxy groups -OCH3 is 1. The Kier molecular flexibility index (Phi) is 14.3. The van der Waals surface area contributed by atoms with Crippen LogP contribution in [0.5, 0.6) is 0 Å². The van der Waals surface area contributed by atoms with E-state index in [2.05, 4.69) is 5.32 Å². The van der Waals surface area contributed by atoms with Crippen molar-refractivity contribution in [3.63, 3.8) is 0 Å². The maximum Gasteiger partial charge on any atom is 0.339 e. The second kappa shape index (κ2) is 16.9. The number of hydrogen-bond acceptors (Lipinski definition) is 11. The quantitative estimate of drug-likeness (QED) is 0.0794. The van der Waals surface area contributed by atoms with E-state index in [1.165, 1.54) is 19.1 Å². The highest BCUT2D eigenvalue weighted by Gasteiger charge is 2.80. The molecule has 2 saturated heterocycles. The maximum absolute atomic E-state index is 12.9. The molecule has 2 amide bonds. The molecule has 6 N–H and O–H groups in total. The normalized spacial score (nSPS) is 28.0. The number of aliphatic hydroxyl groups is 3. The summed E-state index contributed by atoms with van der Waals surface area (Å²) in [6.07, 6.45) is 11.5. The number of carbonyl (C=O) groups excluding carboxylic acids is 3. The van der Waals surface area contributed by atoms with Gasteiger partial charge < -0.3 is 35.0 Å². The maximum atomic E-state index is 12.9. The summed E-state index contributed by atoms with van der Waals surface area (Å²) in [7, 11) is 2.88. The predicted molar refractivity (Wildman–Crippen MR) is 183 cm³/mol. The van der Waals surface area contributed by atoms with Crippen molar-refractivity contribution in [1.82, 2.24) is 15.4 Å². The van der Waals surface area contributed by atoms with Gasteiger partial charge >= 0.3 is 5.97 Å². The summed E-state index contributed by atoms with van der Waals surface area (Å²) in [6.45, 7) is 13.4. The molecule has 1 spiro atoms. The van der Waals surface area contributed by atoms with Crippen LogP contribution >= 0.6 is 0 Å². The summed E-state index contributed by atoms with van der Waals surface area (Å²) in [6, 6.07) is 0. The number of nitrogens with one attached hydrogen (secondary N) is 1. The summed E-state index contributed by atoms with van der Waals surface area (Å²) >= 11 is 0. The van der Waals surface area contributed by atoms with Crippen molar-refractivity contribution in [1.29, 1.82) is 0 Å². The van der Waals surface area contributed by atoms with Crippen molar-refractivity contribution in [2.75, 3.05) is 20.7 Å². The highest BCUT2D eigenvalue weighted by atomic mass is 16.8. The first-order valence-corrected chi connectivity index (χ1v) is 16.3. The molecule has 2 fully saturated rings. The Balaban J connectivity index is 1.94. The van der Waals surface area contributed by atoms with E-state index in [1.807, 2.05) is 0 Å². The summed E-state index contributed by atoms with van der Waals surface area (Å²) in [4.78, 5) is 39.8. The molecule has 13 heteroatoms. The SMILES string of the molecule is CO[C@H](C[C@H](C)[C@H](O)/C=C/C=C/CNC(=O)C(C)(C)[C@@H](O)/C(C)=C/C=C/C=C/C(C)=C(\C)N(O)O)[C@]1(O)[C@@H](C)C(=O)N(C)[C@]12C(=O)O[C@@H]2C. The van der Waals surface area contributed by atoms with Crippen LogP contribution in [0.25, 0.3) is 0 Å². The molecule has 0 aromatic carbocycles. The smallest absolute Gasteiger partial charge is 0.339 e. The average Bonchev–Trinajstić information content (AvgIpc) is 3.22. The molecule has 2 aliphatic rings. The number of hydroxylamine groups is 2. The molecule has 8 atom stereocenters. The molecule has 0 unspecified atom stereocenters. The standard InChI is InChI=1S/C36H55N3O10/c1-22(26(5)39(46)47)17-13-11-14-18-23(2)30(41)34(7,8)32(43)37-20-16-12-15-19-28(40)24(3)21-29(48-10)36(45)25(4)31(42)38(9)35(36)27(6)49-33(35)44/h11-19,24-25,27-30,40-41,45-47H,20-21H2,1-10H3,(H,37,43)/b14-11+,16-12+,17-13+,19-15+,23-18+,26-22+/t24-,25-,27+,28+,29+,30-,35+,36+/m0/s1. The average molecular weight is 690 g/mol. The summed E-state index contributed by atoms with van der Waals surface area (Å²) in [5, 5.41) is 54.6. The molecule has 2 heterocycles. The minimum absolute atomic E-state index is 0.0519. The Morgan fingerprint density at radius 1 is 1.10 bits per heavy atom. The number of rotatable bonds is 16. The van der Waals surface area contributed by atoms with E-state index in [9.17, 15) is 29.7 Å². The lowest BCUT2D eigenvalue weighted by Crippen LogP contribution is -2.80. The molecule has 49 heavy (non-hydrogen) atoms. The molecule has 2 aliphatic heterocycles. The fourth-order valence-electron chi connectivity index (χ4n) is 6.48. The highest BCUT2D eigenvalue weighted by Crippen LogP contribution is 2.54. The van der Waals surface area contributed by atoms with Crippen LogP contribution in [0.2, 0.25) is 0 Å². The number of likely N-dealkylation sites (N-methyl/N-ethyl adjacent to an activating group) is 1. The van der Waals surface area contributed by atoms with E-state index in [-0.39, 0.29) is 35.7 Å². The van der Waals surface area contributed by atoms with Crippen LogP contribution in [0, 0.1) is 17.3 Å². The number of carbonyl (C=O) groups is 3. The minimum atomic E-state index is -1.87. The van der Waals surface area contributed by atoms with E-state index in [1.54, 1.807) is 110 Å². The number of likely N-dealkylation sites (tertiary alicyclic amines) is 1. The molecule has 0 saturated carbocycles. The van der Waals surface area contributed by atoms with Crippen molar-refractivity contribution in [2.24, 2.45) is 17.3 Å². The molecule has 274 valence electrons. The Morgan fingerprint density at radius 2 is 1.73 bits per heavy atom. The van der Waals surface area contributed by atoms with Gasteiger partial charge in [-0.25, -0.2) is 4.79 Å². The lowest BCUT2D eigenvalue weighted by molar-refractivity contribution is -0.278. The van der Waals surface area contributed by atoms with E-state index >= 15 is 0 Å². The van der Waals surface area contributed by atoms with Gasteiger partial charge in [0.2, 0.25) is 17.4 Å². The van der Waals surface area contributed by atoms with Crippen LogP contribution in [-0.2, 0) is 23.9 Å². The molecule has 0 aromatic rings. The van der Waals surface area contributed by atoms with E-state index in [0.29, 0.717) is 11.1 Å². The summed E-state index contributed by atoms with van der Waals surface area (Å²) in [5.41, 5.74) is -3.08. The van der Waals surface area contributed by atoms with Crippen LogP contribution < -0.4 is 5.32 Å². The number of ether oxygens (including phenoxy) is 2. The van der Waals surface area contributed by atoms with E-state index < -0.39 is 58.8 Å². The second-order valence-corrected chi connectivity index (χ2v) is 13.5. The zero-order valence-electron chi connectivity index (χ0n) is 30.2. The molecule has 0 aromatic heterocycles. The largest absolute Gasteiger partial charge is 0.457 e. The third-order valence-electron chi connectivity index (χ3n) is 10.1. The number of hydrogen-bond donors (Lipinski definition) is 6. The van der Waals surface area contributed by atoms with Gasteiger partial charge in [0.05, 0.1) is 35.3 Å². The van der Waals surface area contributed by atoms with Gasteiger partial charge in [-0.05, 0) is 65.0 Å². The molecular weight excluding hydrogens is 634 g/mol. The Morgan fingerprint density at radius 3 is 2.29 bits per heavy atom. The molecular formula is C36H55N3O10. The van der Waals surface area contributed by atoms with Crippen LogP contribution in [0.1, 0.15) is 61.8 Å². The number of allylic oxidation sites excluding steroid dienone is 9. The van der Waals surface area contributed by atoms with Crippen molar-refractivity contribution < 1.29 is 49.6 Å². The van der Waals surface area contributed by atoms with Crippen LogP contribution in [0.15, 0.2) is 71.5 Å². The van der Waals surface area contributed by atoms with Gasteiger partial charge in [0.15, 0.2) is 0 Å². The van der Waals surface area contributed by atoms with Crippen LogP contribution in [0.3, 0.4) is 0 Å². The first-order chi connectivity index (χ1) is 22.7. The number of aliphatic hydroxyl groups excluding tert-OH is 2. The summed E-state index contributed by atoms with van der Waals surface area (Å²) < 4.78 is 10.9. The Bertz CT molecular complexity index is 1400. The van der Waals surface area contributed by atoms with Crippen LogP contribution in [-0.4, -0.2) is 110 Å². The zero-order valence-corrected chi connectivity index (χ0v) is 30.2. The Hall–Kier alpha value is -3.59. The third kappa shape index (κ3) is 8.25.